The van der Waals surface area contributed by atoms with Gasteiger partial charge in [-0.2, -0.15) is 0 Å². The van der Waals surface area contributed by atoms with Gasteiger partial charge in [0.25, 0.3) is 0 Å². The molecule has 0 aromatic heterocycles. The van der Waals surface area contributed by atoms with Gasteiger partial charge in [0.15, 0.2) is 6.10 Å². The average molecular weight is 249 g/mol. The third-order valence-electron chi connectivity index (χ3n) is 3.28. The largest absolute Gasteiger partial charge is 0.464 e. The lowest BCUT2D eigenvalue weighted by molar-refractivity contribution is -0.153. The molecule has 1 aliphatic heterocycles. The van der Waals surface area contributed by atoms with Gasteiger partial charge in [-0.05, 0) is 25.3 Å². The Kier molecular flexibility index (Phi) is 3.87. The highest BCUT2D eigenvalue weighted by molar-refractivity contribution is 5.80. The fourth-order valence-electron chi connectivity index (χ4n) is 2.47. The number of anilines is 1. The van der Waals surface area contributed by atoms with E-state index in [0.29, 0.717) is 5.56 Å². The molecule has 1 aromatic carbocycles. The predicted octanol–water partition coefficient (Wildman–Crippen LogP) is 1.67. The minimum absolute atomic E-state index is 0.279. The Morgan fingerprint density at radius 1 is 1.56 bits per heavy atom. The van der Waals surface area contributed by atoms with E-state index in [1.807, 2.05) is 19.2 Å². The van der Waals surface area contributed by atoms with E-state index in [4.69, 9.17) is 4.74 Å². The fraction of sp³-hybridized carbons (Fsp3) is 0.500. The number of rotatable bonds is 3. The number of aliphatic hydroxyl groups excluding tert-OH is 1. The second-order valence-electron chi connectivity index (χ2n) is 4.53. The number of aryl methyl sites for hydroxylation is 1. The van der Waals surface area contributed by atoms with Crippen LogP contribution in [0.1, 0.15) is 30.6 Å². The lowest BCUT2D eigenvalue weighted by Gasteiger charge is -2.30. The first-order chi connectivity index (χ1) is 8.65. The van der Waals surface area contributed by atoms with Crippen molar-refractivity contribution >= 4 is 11.7 Å². The molecule has 0 radical (unpaired) electrons. The van der Waals surface area contributed by atoms with Crippen LogP contribution in [0.2, 0.25) is 0 Å². The molecule has 0 amide bonds. The number of fused-ring (bicyclic) bond motifs is 1. The van der Waals surface area contributed by atoms with Crippen LogP contribution in [0.3, 0.4) is 0 Å². The first-order valence-corrected chi connectivity index (χ1v) is 6.32. The highest BCUT2D eigenvalue weighted by atomic mass is 16.5. The summed E-state index contributed by atoms with van der Waals surface area (Å²) in [5, 5.41) is 10.1. The van der Waals surface area contributed by atoms with Crippen LogP contribution in [-0.4, -0.2) is 31.3 Å². The van der Waals surface area contributed by atoms with Crippen LogP contribution in [0, 0.1) is 0 Å². The Balaban J connectivity index is 2.36. The van der Waals surface area contributed by atoms with Crippen LogP contribution in [0.25, 0.3) is 0 Å². The van der Waals surface area contributed by atoms with Crippen molar-refractivity contribution in [3.63, 3.8) is 0 Å². The molecule has 1 atom stereocenters. The molecule has 18 heavy (non-hydrogen) atoms. The van der Waals surface area contributed by atoms with E-state index in [1.165, 1.54) is 5.56 Å². The molecule has 0 spiro atoms. The standard InChI is InChI=1S/C14H19NO3/c1-3-18-14(17)13(16)11-8-4-6-10-7-5-9-15(2)12(10)11/h4,6,8,13,16H,3,5,7,9H2,1-2H3. The number of hydrogen-bond donors (Lipinski definition) is 1. The average Bonchev–Trinajstić information content (AvgIpc) is 2.38. The Labute approximate surface area is 107 Å². The van der Waals surface area contributed by atoms with Gasteiger partial charge in [0.05, 0.1) is 6.61 Å². The molecule has 98 valence electrons. The molecule has 0 saturated carbocycles. The smallest absolute Gasteiger partial charge is 0.339 e. The summed E-state index contributed by atoms with van der Waals surface area (Å²) in [7, 11) is 1.99. The summed E-state index contributed by atoms with van der Waals surface area (Å²) >= 11 is 0. The van der Waals surface area contributed by atoms with Crippen molar-refractivity contribution in [1.82, 2.24) is 0 Å². The van der Waals surface area contributed by atoms with Crippen molar-refractivity contribution in [3.05, 3.63) is 29.3 Å². The van der Waals surface area contributed by atoms with Gasteiger partial charge in [-0.3, -0.25) is 0 Å². The number of hydrogen-bond acceptors (Lipinski definition) is 4. The monoisotopic (exact) mass is 249 g/mol. The zero-order valence-electron chi connectivity index (χ0n) is 10.8. The third-order valence-corrected chi connectivity index (χ3v) is 3.28. The van der Waals surface area contributed by atoms with E-state index in [9.17, 15) is 9.90 Å². The highest BCUT2D eigenvalue weighted by Crippen LogP contribution is 2.33. The first kappa shape index (κ1) is 12.9. The zero-order chi connectivity index (χ0) is 13.1. The van der Waals surface area contributed by atoms with E-state index in [2.05, 4.69) is 4.90 Å². The minimum Gasteiger partial charge on any atom is -0.464 e. The van der Waals surface area contributed by atoms with Crippen molar-refractivity contribution < 1.29 is 14.6 Å². The van der Waals surface area contributed by atoms with Gasteiger partial charge in [-0.25, -0.2) is 4.79 Å². The van der Waals surface area contributed by atoms with Crippen LogP contribution >= 0.6 is 0 Å². The Morgan fingerprint density at radius 2 is 2.33 bits per heavy atom. The topological polar surface area (TPSA) is 49.8 Å². The summed E-state index contributed by atoms with van der Waals surface area (Å²) in [5.74, 6) is -0.579. The van der Waals surface area contributed by atoms with Crippen LogP contribution in [-0.2, 0) is 16.0 Å². The van der Waals surface area contributed by atoms with E-state index in [0.717, 1.165) is 25.1 Å². The number of benzene rings is 1. The Bertz CT molecular complexity index is 445. The molecular weight excluding hydrogens is 230 g/mol. The van der Waals surface area contributed by atoms with Crippen molar-refractivity contribution in [2.75, 3.05) is 25.1 Å². The number of aliphatic hydroxyl groups is 1. The molecule has 1 aliphatic rings. The Hall–Kier alpha value is -1.55. The summed E-state index contributed by atoms with van der Waals surface area (Å²) in [6.45, 7) is 2.96. The molecule has 2 rings (SSSR count). The van der Waals surface area contributed by atoms with E-state index < -0.39 is 12.1 Å². The molecule has 0 aliphatic carbocycles. The third kappa shape index (κ3) is 2.34. The maximum Gasteiger partial charge on any atom is 0.339 e. The normalized spacial score (nSPS) is 16.1. The second kappa shape index (κ2) is 5.40. The van der Waals surface area contributed by atoms with Crippen LogP contribution in [0.4, 0.5) is 5.69 Å². The second-order valence-corrected chi connectivity index (χ2v) is 4.53. The zero-order valence-corrected chi connectivity index (χ0v) is 10.8. The SMILES string of the molecule is CCOC(=O)C(O)c1cccc2c1N(C)CCC2. The van der Waals surface area contributed by atoms with Gasteiger partial charge in [0, 0.05) is 24.8 Å². The number of para-hydroxylation sites is 1. The van der Waals surface area contributed by atoms with E-state index in [1.54, 1.807) is 13.0 Å². The number of ether oxygens (including phenoxy) is 1. The van der Waals surface area contributed by atoms with Gasteiger partial charge < -0.3 is 14.7 Å². The quantitative estimate of drug-likeness (QED) is 0.828. The summed E-state index contributed by atoms with van der Waals surface area (Å²) < 4.78 is 4.88. The molecule has 1 unspecified atom stereocenters. The molecule has 1 aromatic rings. The van der Waals surface area contributed by atoms with E-state index in [-0.39, 0.29) is 6.61 Å². The minimum atomic E-state index is -1.19. The van der Waals surface area contributed by atoms with Gasteiger partial charge in [-0.1, -0.05) is 18.2 Å². The van der Waals surface area contributed by atoms with Crippen LogP contribution in [0.15, 0.2) is 18.2 Å². The number of carbonyl (C=O) groups is 1. The Morgan fingerprint density at radius 3 is 3.06 bits per heavy atom. The number of nitrogens with zero attached hydrogens (tertiary/aromatic N) is 1. The van der Waals surface area contributed by atoms with Crippen LogP contribution < -0.4 is 4.90 Å². The molecule has 1 N–H and O–H groups in total. The number of esters is 1. The molecule has 4 heteroatoms. The molecule has 0 fully saturated rings. The van der Waals surface area contributed by atoms with Gasteiger partial charge in [-0.15, -0.1) is 0 Å². The molecule has 4 nitrogen and oxygen atoms in total. The molecule has 1 heterocycles. The molecule has 0 saturated heterocycles. The summed E-state index contributed by atoms with van der Waals surface area (Å²) in [6.07, 6.45) is 0.895. The van der Waals surface area contributed by atoms with Crippen molar-refractivity contribution in [3.8, 4) is 0 Å². The number of carbonyl (C=O) groups excluding carboxylic acids is 1. The van der Waals surface area contributed by atoms with Crippen molar-refractivity contribution in [2.45, 2.75) is 25.9 Å². The molecular formula is C14H19NO3. The van der Waals surface area contributed by atoms with Gasteiger partial charge >= 0.3 is 5.97 Å². The van der Waals surface area contributed by atoms with Crippen molar-refractivity contribution in [1.29, 1.82) is 0 Å². The summed E-state index contributed by atoms with van der Waals surface area (Å²) in [6, 6.07) is 5.73. The predicted molar refractivity (Wildman–Crippen MR) is 69.6 cm³/mol. The lowest BCUT2D eigenvalue weighted by atomic mass is 9.95. The van der Waals surface area contributed by atoms with E-state index >= 15 is 0 Å². The summed E-state index contributed by atoms with van der Waals surface area (Å²) in [4.78, 5) is 13.7. The maximum atomic E-state index is 11.6. The van der Waals surface area contributed by atoms with Crippen molar-refractivity contribution in [2.24, 2.45) is 0 Å². The van der Waals surface area contributed by atoms with Gasteiger partial charge in [0.1, 0.15) is 0 Å². The maximum absolute atomic E-state index is 11.6. The van der Waals surface area contributed by atoms with Gasteiger partial charge in [0.2, 0.25) is 0 Å². The fourth-order valence-corrected chi connectivity index (χ4v) is 2.47. The highest BCUT2D eigenvalue weighted by Gasteiger charge is 2.26. The lowest BCUT2D eigenvalue weighted by Crippen LogP contribution is -2.28. The molecule has 0 bridgehead atoms. The first-order valence-electron chi connectivity index (χ1n) is 6.32. The van der Waals surface area contributed by atoms with Crippen LogP contribution in [0.5, 0.6) is 0 Å². The summed E-state index contributed by atoms with van der Waals surface area (Å²) in [5.41, 5.74) is 2.81.